The van der Waals surface area contributed by atoms with Gasteiger partial charge in [0.2, 0.25) is 10.0 Å². The molecule has 1 aromatic carbocycles. The van der Waals surface area contributed by atoms with Gasteiger partial charge >= 0.3 is 0 Å². The molecule has 0 unspecified atom stereocenters. The molecule has 0 aromatic heterocycles. The van der Waals surface area contributed by atoms with E-state index in [0.29, 0.717) is 5.56 Å². The van der Waals surface area contributed by atoms with Crippen LogP contribution >= 0.6 is 23.2 Å². The molecule has 0 spiro atoms. The largest absolute Gasteiger partial charge is 0.229 e. The number of primary sulfonamides is 1. The molecular formula is C10H13Cl2NO4S2. The van der Waals surface area contributed by atoms with Crippen molar-refractivity contribution < 1.29 is 16.8 Å². The number of sulfonamides is 1. The van der Waals surface area contributed by atoms with Crippen LogP contribution in [0.3, 0.4) is 0 Å². The van der Waals surface area contributed by atoms with Gasteiger partial charge in [-0.15, -0.1) is 0 Å². The Bertz CT molecular complexity index is 656. The van der Waals surface area contributed by atoms with Gasteiger partial charge in [-0.3, -0.25) is 0 Å². The number of hydrogen-bond donors (Lipinski definition) is 1. The van der Waals surface area contributed by atoms with Crippen molar-refractivity contribution in [3.8, 4) is 0 Å². The maximum Gasteiger partial charge on any atom is 0.209 e. The molecular weight excluding hydrogens is 333 g/mol. The van der Waals surface area contributed by atoms with Crippen molar-refractivity contribution >= 4 is 43.1 Å². The van der Waals surface area contributed by atoms with E-state index < -0.39 is 19.9 Å². The van der Waals surface area contributed by atoms with Crippen LogP contribution in [0, 0.1) is 0 Å². The minimum absolute atomic E-state index is 0.0423. The highest BCUT2D eigenvalue weighted by Gasteiger charge is 2.16. The van der Waals surface area contributed by atoms with Crippen LogP contribution in [0.5, 0.6) is 0 Å². The Kier molecular flexibility index (Phi) is 5.64. The first-order chi connectivity index (χ1) is 8.61. The minimum atomic E-state index is -3.65. The fraction of sp³-hybridized carbons (Fsp3) is 0.400. The van der Waals surface area contributed by atoms with Crippen LogP contribution in [0.4, 0.5) is 0 Å². The monoisotopic (exact) mass is 345 g/mol. The van der Waals surface area contributed by atoms with Crippen molar-refractivity contribution in [1.82, 2.24) is 0 Å². The number of halogens is 2. The minimum Gasteiger partial charge on any atom is -0.229 e. The standard InChI is InChI=1S/C10H13Cl2NO4S2/c11-9-4-1-3-8(10(9)12)7-18(14,15)5-2-6-19(13,16)17/h1,3-4H,2,5-7H2,(H2,13,16,17). The van der Waals surface area contributed by atoms with Crippen LogP contribution in [0.2, 0.25) is 10.0 Å². The Balaban J connectivity index is 2.72. The number of nitrogens with two attached hydrogens (primary N) is 1. The van der Waals surface area contributed by atoms with E-state index in [9.17, 15) is 16.8 Å². The van der Waals surface area contributed by atoms with Gasteiger partial charge in [0, 0.05) is 0 Å². The van der Waals surface area contributed by atoms with Gasteiger partial charge < -0.3 is 0 Å². The molecule has 0 atom stereocenters. The fourth-order valence-corrected chi connectivity index (χ4v) is 4.09. The van der Waals surface area contributed by atoms with Crippen LogP contribution in [0.1, 0.15) is 12.0 Å². The number of hydrogen-bond acceptors (Lipinski definition) is 4. The van der Waals surface area contributed by atoms with Gasteiger partial charge in [-0.2, -0.15) is 0 Å². The zero-order valence-electron chi connectivity index (χ0n) is 9.84. The van der Waals surface area contributed by atoms with Crippen LogP contribution in [0.25, 0.3) is 0 Å². The summed E-state index contributed by atoms with van der Waals surface area (Å²) in [5.74, 6) is -0.918. The number of rotatable bonds is 6. The summed E-state index contributed by atoms with van der Waals surface area (Å²) in [7, 11) is -7.11. The Hall–Kier alpha value is -0.340. The first-order valence-corrected chi connectivity index (χ1v) is 9.54. The summed E-state index contributed by atoms with van der Waals surface area (Å²) in [6, 6.07) is 4.72. The summed E-state index contributed by atoms with van der Waals surface area (Å²) in [5, 5.41) is 5.27. The van der Waals surface area contributed by atoms with Crippen molar-refractivity contribution in [3.63, 3.8) is 0 Å². The smallest absolute Gasteiger partial charge is 0.209 e. The third-order valence-corrected chi connectivity index (χ3v) is 5.67. The van der Waals surface area contributed by atoms with E-state index in [1.165, 1.54) is 0 Å². The Morgan fingerprint density at radius 3 is 2.26 bits per heavy atom. The average Bonchev–Trinajstić information content (AvgIpc) is 2.22. The lowest BCUT2D eigenvalue weighted by Crippen LogP contribution is -2.19. The number of benzene rings is 1. The predicted octanol–water partition coefficient (Wildman–Crippen LogP) is 1.59. The summed E-state index contributed by atoms with van der Waals surface area (Å²) >= 11 is 11.7. The molecule has 19 heavy (non-hydrogen) atoms. The molecule has 2 N–H and O–H groups in total. The lowest BCUT2D eigenvalue weighted by Gasteiger charge is -2.07. The fourth-order valence-electron chi connectivity index (χ4n) is 1.45. The van der Waals surface area contributed by atoms with Gasteiger partial charge in [0.25, 0.3) is 0 Å². The molecule has 0 aliphatic carbocycles. The third kappa shape index (κ3) is 6.09. The van der Waals surface area contributed by atoms with E-state index in [2.05, 4.69) is 0 Å². The molecule has 108 valence electrons. The van der Waals surface area contributed by atoms with Crippen LogP contribution < -0.4 is 5.14 Å². The summed E-state index contributed by atoms with van der Waals surface area (Å²) in [6.45, 7) is 0. The highest BCUT2D eigenvalue weighted by molar-refractivity contribution is 7.91. The SMILES string of the molecule is NS(=O)(=O)CCCS(=O)(=O)Cc1cccc(Cl)c1Cl. The molecule has 0 fully saturated rings. The van der Waals surface area contributed by atoms with E-state index in [-0.39, 0.29) is 33.7 Å². The molecule has 0 amide bonds. The highest BCUT2D eigenvalue weighted by atomic mass is 35.5. The predicted molar refractivity (Wildman–Crippen MR) is 76.5 cm³/mol. The molecule has 0 saturated heterocycles. The van der Waals surface area contributed by atoms with Crippen LogP contribution in [-0.4, -0.2) is 28.3 Å². The summed E-state index contributed by atoms with van der Waals surface area (Å²) in [6.07, 6.45) is -0.0423. The van der Waals surface area contributed by atoms with Crippen molar-refractivity contribution in [1.29, 1.82) is 0 Å². The molecule has 0 bridgehead atoms. The highest BCUT2D eigenvalue weighted by Crippen LogP contribution is 2.27. The first kappa shape index (κ1) is 16.7. The molecule has 5 nitrogen and oxygen atoms in total. The van der Waals surface area contributed by atoms with E-state index >= 15 is 0 Å². The molecule has 0 aliphatic heterocycles. The third-order valence-electron chi connectivity index (χ3n) is 2.29. The Labute approximate surface area is 122 Å². The molecule has 9 heteroatoms. The molecule has 0 heterocycles. The summed E-state index contributed by atoms with van der Waals surface area (Å²) in [5.41, 5.74) is 0.393. The van der Waals surface area contributed by atoms with Crippen molar-refractivity contribution in [2.75, 3.05) is 11.5 Å². The van der Waals surface area contributed by atoms with Gasteiger partial charge in [-0.1, -0.05) is 35.3 Å². The van der Waals surface area contributed by atoms with E-state index in [4.69, 9.17) is 28.3 Å². The van der Waals surface area contributed by atoms with Crippen molar-refractivity contribution in [2.45, 2.75) is 12.2 Å². The van der Waals surface area contributed by atoms with Gasteiger partial charge in [0.15, 0.2) is 9.84 Å². The topological polar surface area (TPSA) is 94.3 Å². The first-order valence-electron chi connectivity index (χ1n) is 5.24. The molecule has 1 rings (SSSR count). The molecule has 0 aliphatic rings. The second-order valence-electron chi connectivity index (χ2n) is 4.03. The molecule has 0 saturated carbocycles. The summed E-state index contributed by atoms with van der Waals surface area (Å²) < 4.78 is 45.1. The van der Waals surface area contributed by atoms with Crippen molar-refractivity contribution in [3.05, 3.63) is 33.8 Å². The van der Waals surface area contributed by atoms with Crippen molar-refractivity contribution in [2.24, 2.45) is 5.14 Å². The van der Waals surface area contributed by atoms with Gasteiger partial charge in [0.05, 0.1) is 27.3 Å². The molecule has 1 aromatic rings. The lowest BCUT2D eigenvalue weighted by atomic mass is 10.2. The second kappa shape index (κ2) is 6.41. The van der Waals surface area contributed by atoms with Gasteiger partial charge in [0.1, 0.15) is 0 Å². The normalized spacial score (nSPS) is 12.6. The lowest BCUT2D eigenvalue weighted by molar-refractivity contribution is 0.590. The Morgan fingerprint density at radius 2 is 1.68 bits per heavy atom. The number of sulfone groups is 1. The zero-order valence-corrected chi connectivity index (χ0v) is 13.0. The second-order valence-corrected chi connectivity index (χ2v) is 8.73. The molecule has 0 radical (unpaired) electrons. The maximum absolute atomic E-state index is 11.8. The average molecular weight is 346 g/mol. The van der Waals surface area contributed by atoms with Gasteiger partial charge in [-0.05, 0) is 18.1 Å². The van der Waals surface area contributed by atoms with Crippen LogP contribution in [-0.2, 0) is 25.6 Å². The van der Waals surface area contributed by atoms with E-state index in [1.807, 2.05) is 0 Å². The van der Waals surface area contributed by atoms with E-state index in [0.717, 1.165) is 0 Å². The maximum atomic E-state index is 11.8. The zero-order chi connectivity index (χ0) is 14.7. The Morgan fingerprint density at radius 1 is 1.05 bits per heavy atom. The summed E-state index contributed by atoms with van der Waals surface area (Å²) in [4.78, 5) is 0. The van der Waals surface area contributed by atoms with E-state index in [1.54, 1.807) is 18.2 Å². The quantitative estimate of drug-likeness (QED) is 0.846. The van der Waals surface area contributed by atoms with Gasteiger partial charge in [-0.25, -0.2) is 22.0 Å². The van der Waals surface area contributed by atoms with Crippen LogP contribution in [0.15, 0.2) is 18.2 Å².